The van der Waals surface area contributed by atoms with Crippen LogP contribution in [0.1, 0.15) is 12.5 Å². The standard InChI is InChI=1S/C13H16FNO3/c1-13(14)9-17-8-11(13)15-12(16)18-7-10-5-3-2-4-6-10/h2-6,11H,7-9H2,1H3,(H,15,16). The molecule has 1 amide bonds. The lowest BCUT2D eigenvalue weighted by Crippen LogP contribution is -2.47. The quantitative estimate of drug-likeness (QED) is 0.896. The number of alkyl halides is 1. The molecular formula is C13H16FNO3. The summed E-state index contributed by atoms with van der Waals surface area (Å²) in [6.45, 7) is 1.75. The Bertz CT molecular complexity index is 408. The molecule has 0 bridgehead atoms. The molecule has 98 valence electrons. The van der Waals surface area contributed by atoms with E-state index in [1.807, 2.05) is 30.3 Å². The van der Waals surface area contributed by atoms with E-state index in [0.717, 1.165) is 5.56 Å². The van der Waals surface area contributed by atoms with E-state index in [-0.39, 0.29) is 19.8 Å². The summed E-state index contributed by atoms with van der Waals surface area (Å²) in [5, 5.41) is 2.48. The van der Waals surface area contributed by atoms with Crippen molar-refractivity contribution < 1.29 is 18.7 Å². The topological polar surface area (TPSA) is 47.6 Å². The van der Waals surface area contributed by atoms with Crippen LogP contribution in [0, 0.1) is 0 Å². The highest BCUT2D eigenvalue weighted by Crippen LogP contribution is 2.22. The molecule has 2 rings (SSSR count). The van der Waals surface area contributed by atoms with Gasteiger partial charge in [-0.2, -0.15) is 0 Å². The molecule has 1 aromatic rings. The Kier molecular flexibility index (Phi) is 3.81. The fourth-order valence-electron chi connectivity index (χ4n) is 1.75. The molecule has 0 radical (unpaired) electrons. The van der Waals surface area contributed by atoms with Gasteiger partial charge in [-0.05, 0) is 12.5 Å². The summed E-state index contributed by atoms with van der Waals surface area (Å²) < 4.78 is 23.8. The molecule has 5 heteroatoms. The van der Waals surface area contributed by atoms with Gasteiger partial charge >= 0.3 is 6.09 Å². The Balaban J connectivity index is 1.79. The van der Waals surface area contributed by atoms with Crippen molar-refractivity contribution in [3.63, 3.8) is 0 Å². The predicted octanol–water partition coefficient (Wildman–Crippen LogP) is 2.04. The Hall–Kier alpha value is -1.62. The normalized spacial score (nSPS) is 26.9. The maximum Gasteiger partial charge on any atom is 0.407 e. The van der Waals surface area contributed by atoms with E-state index >= 15 is 0 Å². The van der Waals surface area contributed by atoms with Crippen LogP contribution in [-0.4, -0.2) is 31.0 Å². The van der Waals surface area contributed by atoms with Gasteiger partial charge in [0.15, 0.2) is 5.67 Å². The minimum absolute atomic E-state index is 0.00334. The van der Waals surface area contributed by atoms with Crippen molar-refractivity contribution in [2.24, 2.45) is 0 Å². The molecule has 0 aromatic heterocycles. The van der Waals surface area contributed by atoms with Crippen molar-refractivity contribution in [3.05, 3.63) is 35.9 Å². The highest BCUT2D eigenvalue weighted by atomic mass is 19.1. The summed E-state index contributed by atoms with van der Waals surface area (Å²) in [7, 11) is 0. The van der Waals surface area contributed by atoms with Crippen molar-refractivity contribution in [2.45, 2.75) is 25.2 Å². The second-order valence-electron chi connectivity index (χ2n) is 4.55. The predicted molar refractivity (Wildman–Crippen MR) is 63.9 cm³/mol. The van der Waals surface area contributed by atoms with Crippen LogP contribution >= 0.6 is 0 Å². The van der Waals surface area contributed by atoms with Crippen LogP contribution in [0.5, 0.6) is 0 Å². The van der Waals surface area contributed by atoms with Crippen LogP contribution in [0.15, 0.2) is 30.3 Å². The van der Waals surface area contributed by atoms with Gasteiger partial charge in [-0.15, -0.1) is 0 Å². The molecule has 1 N–H and O–H groups in total. The molecule has 1 fully saturated rings. The van der Waals surface area contributed by atoms with Gasteiger partial charge < -0.3 is 14.8 Å². The van der Waals surface area contributed by atoms with E-state index in [2.05, 4.69) is 5.32 Å². The molecule has 2 unspecified atom stereocenters. The fourth-order valence-corrected chi connectivity index (χ4v) is 1.75. The van der Waals surface area contributed by atoms with Crippen LogP contribution < -0.4 is 5.32 Å². The number of halogens is 1. The van der Waals surface area contributed by atoms with Crippen molar-refractivity contribution in [3.8, 4) is 0 Å². The first kappa shape index (κ1) is 12.8. The lowest BCUT2D eigenvalue weighted by molar-refractivity contribution is 0.110. The van der Waals surface area contributed by atoms with Gasteiger partial charge in [-0.25, -0.2) is 9.18 Å². The Morgan fingerprint density at radius 3 is 2.89 bits per heavy atom. The first-order chi connectivity index (χ1) is 8.58. The van der Waals surface area contributed by atoms with E-state index < -0.39 is 17.8 Å². The zero-order valence-electron chi connectivity index (χ0n) is 10.2. The van der Waals surface area contributed by atoms with Crippen molar-refractivity contribution in [1.29, 1.82) is 0 Å². The largest absolute Gasteiger partial charge is 0.445 e. The summed E-state index contributed by atoms with van der Waals surface area (Å²) >= 11 is 0. The van der Waals surface area contributed by atoms with Gasteiger partial charge in [-0.3, -0.25) is 0 Å². The third kappa shape index (κ3) is 3.20. The number of carbonyl (C=O) groups is 1. The van der Waals surface area contributed by atoms with E-state index in [0.29, 0.717) is 0 Å². The van der Waals surface area contributed by atoms with Gasteiger partial charge in [0.05, 0.1) is 19.3 Å². The molecule has 0 saturated carbocycles. The Labute approximate surface area is 105 Å². The highest BCUT2D eigenvalue weighted by molar-refractivity contribution is 5.67. The summed E-state index contributed by atoms with van der Waals surface area (Å²) in [4.78, 5) is 11.5. The molecule has 1 aliphatic heterocycles. The summed E-state index contributed by atoms with van der Waals surface area (Å²) in [5.41, 5.74) is -0.649. The second-order valence-corrected chi connectivity index (χ2v) is 4.55. The monoisotopic (exact) mass is 253 g/mol. The number of nitrogens with one attached hydrogen (secondary N) is 1. The third-order valence-corrected chi connectivity index (χ3v) is 2.90. The molecule has 1 aliphatic rings. The van der Waals surface area contributed by atoms with E-state index in [9.17, 15) is 9.18 Å². The third-order valence-electron chi connectivity index (χ3n) is 2.90. The van der Waals surface area contributed by atoms with Crippen LogP contribution in [0.25, 0.3) is 0 Å². The minimum atomic E-state index is -1.54. The number of hydrogen-bond acceptors (Lipinski definition) is 3. The van der Waals surface area contributed by atoms with E-state index in [1.54, 1.807) is 0 Å². The van der Waals surface area contributed by atoms with E-state index in [4.69, 9.17) is 9.47 Å². The Morgan fingerprint density at radius 1 is 1.56 bits per heavy atom. The van der Waals surface area contributed by atoms with Crippen LogP contribution in [0.4, 0.5) is 9.18 Å². The first-order valence-electron chi connectivity index (χ1n) is 5.82. The molecule has 4 nitrogen and oxygen atoms in total. The number of amides is 1. The highest BCUT2D eigenvalue weighted by Gasteiger charge is 2.41. The zero-order chi connectivity index (χ0) is 13.0. The maximum absolute atomic E-state index is 13.8. The average Bonchev–Trinajstić information content (AvgIpc) is 2.68. The first-order valence-corrected chi connectivity index (χ1v) is 5.82. The summed E-state index contributed by atoms with van der Waals surface area (Å²) in [6.07, 6.45) is -0.627. The summed E-state index contributed by atoms with van der Waals surface area (Å²) in [6, 6.07) is 8.66. The Morgan fingerprint density at radius 2 is 2.28 bits per heavy atom. The molecule has 0 aliphatic carbocycles. The zero-order valence-corrected chi connectivity index (χ0v) is 10.2. The fraction of sp³-hybridized carbons (Fsp3) is 0.462. The van der Waals surface area contributed by atoms with Gasteiger partial charge in [0.25, 0.3) is 0 Å². The second kappa shape index (κ2) is 5.35. The molecule has 2 atom stereocenters. The molecule has 18 heavy (non-hydrogen) atoms. The average molecular weight is 253 g/mol. The number of alkyl carbamates (subject to hydrolysis) is 1. The lowest BCUT2D eigenvalue weighted by Gasteiger charge is -2.21. The number of benzene rings is 1. The number of hydrogen-bond donors (Lipinski definition) is 1. The van der Waals surface area contributed by atoms with Crippen LogP contribution in [0.3, 0.4) is 0 Å². The number of rotatable bonds is 3. The van der Waals surface area contributed by atoms with Gasteiger partial charge in [0, 0.05) is 0 Å². The molecule has 1 heterocycles. The van der Waals surface area contributed by atoms with Gasteiger partial charge in [0.1, 0.15) is 6.61 Å². The van der Waals surface area contributed by atoms with E-state index in [1.165, 1.54) is 6.92 Å². The van der Waals surface area contributed by atoms with Gasteiger partial charge in [0.2, 0.25) is 0 Å². The minimum Gasteiger partial charge on any atom is -0.445 e. The number of ether oxygens (including phenoxy) is 2. The maximum atomic E-state index is 13.8. The smallest absolute Gasteiger partial charge is 0.407 e. The lowest BCUT2D eigenvalue weighted by atomic mass is 10.0. The van der Waals surface area contributed by atoms with Crippen molar-refractivity contribution >= 4 is 6.09 Å². The van der Waals surface area contributed by atoms with Crippen molar-refractivity contribution in [2.75, 3.05) is 13.2 Å². The molecular weight excluding hydrogens is 237 g/mol. The molecule has 1 aromatic carbocycles. The van der Waals surface area contributed by atoms with Crippen molar-refractivity contribution in [1.82, 2.24) is 5.32 Å². The summed E-state index contributed by atoms with van der Waals surface area (Å²) in [5.74, 6) is 0. The molecule has 0 spiro atoms. The van der Waals surface area contributed by atoms with Crippen LogP contribution in [-0.2, 0) is 16.1 Å². The SMILES string of the molecule is CC1(F)COCC1NC(=O)OCc1ccccc1. The molecule has 1 saturated heterocycles. The van der Waals surface area contributed by atoms with Gasteiger partial charge in [-0.1, -0.05) is 30.3 Å². The number of carbonyl (C=O) groups excluding carboxylic acids is 1. The van der Waals surface area contributed by atoms with Crippen LogP contribution in [0.2, 0.25) is 0 Å².